The van der Waals surface area contributed by atoms with Gasteiger partial charge in [-0.15, -0.1) is 0 Å². The number of aromatic nitrogens is 2. The van der Waals surface area contributed by atoms with E-state index in [9.17, 15) is 22.8 Å². The molecule has 1 fully saturated rings. The third-order valence-corrected chi connectivity index (χ3v) is 12.2. The predicted octanol–water partition coefficient (Wildman–Crippen LogP) is 8.02. The van der Waals surface area contributed by atoms with E-state index in [2.05, 4.69) is 68.4 Å². The van der Waals surface area contributed by atoms with Gasteiger partial charge in [0, 0.05) is 41.3 Å². The molecule has 1 aliphatic heterocycles. The number of likely N-dealkylation sites (tertiary alicyclic amines) is 1. The van der Waals surface area contributed by atoms with Crippen molar-refractivity contribution in [3.63, 3.8) is 0 Å². The number of aryl methyl sites for hydroxylation is 2. The summed E-state index contributed by atoms with van der Waals surface area (Å²) in [6.45, 7) is 6.94. The third kappa shape index (κ3) is 16.2. The summed E-state index contributed by atoms with van der Waals surface area (Å²) in [5.74, 6) is 7.00. The molecule has 388 valence electrons. The van der Waals surface area contributed by atoms with E-state index in [0.717, 1.165) is 59.6 Å². The Morgan fingerprint density at radius 3 is 2.25 bits per heavy atom. The molecule has 0 saturated carbocycles. The summed E-state index contributed by atoms with van der Waals surface area (Å²) >= 11 is 0. The van der Waals surface area contributed by atoms with Gasteiger partial charge in [-0.3, -0.25) is 9.59 Å². The van der Waals surface area contributed by atoms with Gasteiger partial charge < -0.3 is 58.9 Å². The molecular formula is C55H64F3N7O8. The van der Waals surface area contributed by atoms with Crippen LogP contribution in [-0.4, -0.2) is 132 Å². The normalized spacial score (nSPS) is 13.1. The summed E-state index contributed by atoms with van der Waals surface area (Å²) in [6, 6.07) is 28.3. The summed E-state index contributed by atoms with van der Waals surface area (Å²) in [4.78, 5) is 27.8. The van der Waals surface area contributed by atoms with Crippen LogP contribution in [0.25, 0.3) is 22.0 Å². The van der Waals surface area contributed by atoms with Gasteiger partial charge in [0.1, 0.15) is 23.8 Å². The van der Waals surface area contributed by atoms with Crippen molar-refractivity contribution in [2.75, 3.05) is 104 Å². The second kappa shape index (κ2) is 26.6. The number of carbonyl (C=O) groups is 2. The molecule has 18 heteroatoms. The molecule has 2 amide bonds. The zero-order chi connectivity index (χ0) is 51.6. The van der Waals surface area contributed by atoms with Crippen LogP contribution >= 0.6 is 0 Å². The Morgan fingerprint density at radius 2 is 1.55 bits per heavy atom. The van der Waals surface area contributed by atoms with Crippen molar-refractivity contribution in [3.05, 3.63) is 125 Å². The molecule has 0 spiro atoms. The highest BCUT2D eigenvalue weighted by atomic mass is 19.4. The number of ether oxygens (including phenoxy) is 5. The van der Waals surface area contributed by atoms with Crippen LogP contribution in [0.3, 0.4) is 0 Å². The molecule has 15 nitrogen and oxygen atoms in total. The van der Waals surface area contributed by atoms with Gasteiger partial charge in [0.2, 0.25) is 0 Å². The number of methoxy groups -OCH3 is 1. The number of alkyl halides is 3. The van der Waals surface area contributed by atoms with Crippen molar-refractivity contribution in [1.29, 1.82) is 0 Å². The molecular weight excluding hydrogens is 944 g/mol. The van der Waals surface area contributed by atoms with Crippen molar-refractivity contribution in [1.82, 2.24) is 25.3 Å². The number of halogens is 3. The van der Waals surface area contributed by atoms with Crippen molar-refractivity contribution in [3.8, 4) is 34.5 Å². The van der Waals surface area contributed by atoms with Crippen LogP contribution < -0.4 is 30.7 Å². The lowest BCUT2D eigenvalue weighted by Gasteiger charge is -2.30. The van der Waals surface area contributed by atoms with Crippen molar-refractivity contribution in [2.24, 2.45) is 0 Å². The molecule has 0 atom stereocenters. The van der Waals surface area contributed by atoms with E-state index in [1.54, 1.807) is 36.4 Å². The molecule has 0 bridgehead atoms. The van der Waals surface area contributed by atoms with Gasteiger partial charge in [0.15, 0.2) is 6.61 Å². The zero-order valence-electron chi connectivity index (χ0n) is 41.8. The second-order valence-corrected chi connectivity index (χ2v) is 17.7. The molecule has 4 aromatic carbocycles. The molecule has 2 aromatic heterocycles. The molecule has 0 radical (unpaired) electrons. The van der Waals surface area contributed by atoms with E-state index < -0.39 is 12.7 Å². The number of amides is 2. The van der Waals surface area contributed by atoms with Crippen molar-refractivity contribution >= 4 is 34.1 Å². The van der Waals surface area contributed by atoms with E-state index >= 15 is 0 Å². The van der Waals surface area contributed by atoms with Gasteiger partial charge in [0.25, 0.3) is 11.8 Å². The Kier molecular flexibility index (Phi) is 19.6. The van der Waals surface area contributed by atoms with Gasteiger partial charge in [-0.2, -0.15) is 13.2 Å². The minimum Gasteiger partial charge on any atom is -0.495 e. The zero-order valence-corrected chi connectivity index (χ0v) is 41.8. The molecule has 1 saturated heterocycles. The third-order valence-electron chi connectivity index (χ3n) is 12.2. The minimum absolute atomic E-state index is 0.113. The average molecular weight is 1010 g/mol. The fraction of sp³-hybridized carbons (Fsp3) is 0.400. The fourth-order valence-corrected chi connectivity index (χ4v) is 8.55. The first-order valence-electron chi connectivity index (χ1n) is 24.4. The number of carbonyl (C=O) groups excluding carboxylic acids is 2. The van der Waals surface area contributed by atoms with Crippen LogP contribution in [0, 0.1) is 25.7 Å². The van der Waals surface area contributed by atoms with Gasteiger partial charge >= 0.3 is 6.18 Å². The summed E-state index contributed by atoms with van der Waals surface area (Å²) in [7, 11) is 3.56. The standard InChI is InChI=1S/C55H64F3N7O8/c1-38-53(39(2)73-63-38)43-31-41(30-40-10-6-5-7-11-40)32-46(33-43)72-36-52(66)60-20-24-69-26-28-71-29-27-70-25-21-61-54(67)42-15-16-49(51(34-42)68-4)59-19-9-12-45-35-47-48(62-44-17-22-64(3)23-18-44)13-8-14-50(47)65(45)37-55(56,57)58/h5-8,10-11,13-16,31-35,44,59,62H,17-30,36-37H2,1-4H3,(H,60,66)(H,61,67). The van der Waals surface area contributed by atoms with E-state index in [1.807, 2.05) is 50.2 Å². The van der Waals surface area contributed by atoms with E-state index in [4.69, 9.17) is 28.2 Å². The van der Waals surface area contributed by atoms with Crippen LogP contribution in [0.1, 0.15) is 51.5 Å². The number of nitrogens with zero attached hydrogens (tertiary/aromatic N) is 3. The fourth-order valence-electron chi connectivity index (χ4n) is 8.55. The Bertz CT molecular complexity index is 2800. The predicted molar refractivity (Wildman–Crippen MR) is 274 cm³/mol. The van der Waals surface area contributed by atoms with Crippen molar-refractivity contribution < 1.29 is 51.0 Å². The topological polar surface area (TPSA) is 163 Å². The SMILES string of the molecule is COc1cc(C(=O)NCCOCCOCCOCCNC(=O)COc2cc(Cc3ccccc3)cc(-c3c(C)noc3C)c2)ccc1NCC#Cc1cc2c(NC3CCN(C)CC3)cccc2n1CC(F)(F)F. The largest absolute Gasteiger partial charge is 0.495 e. The molecule has 0 unspecified atom stereocenters. The number of benzene rings is 4. The molecule has 4 N–H and O–H groups in total. The molecule has 7 rings (SSSR count). The van der Waals surface area contributed by atoms with Crippen molar-refractivity contribution in [2.45, 2.75) is 51.9 Å². The maximum atomic E-state index is 13.8. The first kappa shape index (κ1) is 53.8. The Labute approximate surface area is 424 Å². The van der Waals surface area contributed by atoms with Gasteiger partial charge in [-0.05, 0) is 124 Å². The number of hydrogen-bond acceptors (Lipinski definition) is 12. The summed E-state index contributed by atoms with van der Waals surface area (Å²) in [5, 5.41) is 17.1. The molecule has 1 aliphatic rings. The van der Waals surface area contributed by atoms with Crippen LogP contribution in [0.2, 0.25) is 0 Å². The Balaban J connectivity index is 0.756. The van der Waals surface area contributed by atoms with Crippen LogP contribution in [-0.2, 0) is 32.0 Å². The average Bonchev–Trinajstić information content (AvgIpc) is 3.90. The first-order valence-corrected chi connectivity index (χ1v) is 24.4. The van der Waals surface area contributed by atoms with Gasteiger partial charge in [-0.25, -0.2) is 0 Å². The number of anilines is 2. The smallest absolute Gasteiger partial charge is 0.406 e. The van der Waals surface area contributed by atoms with Crippen LogP contribution in [0.15, 0.2) is 95.5 Å². The highest BCUT2D eigenvalue weighted by Crippen LogP contribution is 2.33. The monoisotopic (exact) mass is 1010 g/mol. The summed E-state index contributed by atoms with van der Waals surface area (Å²) in [6.07, 6.45) is -1.84. The lowest BCUT2D eigenvalue weighted by Crippen LogP contribution is -2.36. The van der Waals surface area contributed by atoms with Gasteiger partial charge in [0.05, 0.1) is 75.9 Å². The number of hydrogen-bond donors (Lipinski definition) is 4. The molecule has 73 heavy (non-hydrogen) atoms. The first-order chi connectivity index (χ1) is 35.3. The quantitative estimate of drug-likeness (QED) is 0.0324. The molecule has 3 heterocycles. The number of fused-ring (bicyclic) bond motifs is 1. The maximum absolute atomic E-state index is 13.8. The van der Waals surface area contributed by atoms with E-state index in [-0.39, 0.29) is 49.9 Å². The minimum atomic E-state index is -4.44. The van der Waals surface area contributed by atoms with Gasteiger partial charge in [-0.1, -0.05) is 53.5 Å². The Morgan fingerprint density at radius 1 is 0.822 bits per heavy atom. The molecule has 0 aliphatic carbocycles. The van der Waals surface area contributed by atoms with Crippen LogP contribution in [0.5, 0.6) is 11.5 Å². The Hall–Kier alpha value is -7.04. The second-order valence-electron chi connectivity index (χ2n) is 17.7. The highest BCUT2D eigenvalue weighted by molar-refractivity contribution is 5.95. The lowest BCUT2D eigenvalue weighted by atomic mass is 9.98. The molecule has 6 aromatic rings. The summed E-state index contributed by atoms with van der Waals surface area (Å²) in [5.41, 5.74) is 7.24. The summed E-state index contributed by atoms with van der Waals surface area (Å²) < 4.78 is 76.1. The van der Waals surface area contributed by atoms with E-state index in [0.29, 0.717) is 85.4 Å². The number of piperidine rings is 1. The highest BCUT2D eigenvalue weighted by Gasteiger charge is 2.30. The lowest BCUT2D eigenvalue weighted by molar-refractivity contribution is -0.140. The maximum Gasteiger partial charge on any atom is 0.406 e. The van der Waals surface area contributed by atoms with Crippen LogP contribution in [0.4, 0.5) is 24.5 Å². The van der Waals surface area contributed by atoms with E-state index in [1.165, 1.54) is 11.7 Å². The number of rotatable bonds is 25. The number of nitrogens with one attached hydrogen (secondary N) is 4.